The Morgan fingerprint density at radius 3 is 2.64 bits per heavy atom. The first kappa shape index (κ1) is 29.7. The number of anilines is 3. The second-order valence-electron chi connectivity index (χ2n) is 9.16. The van der Waals surface area contributed by atoms with Gasteiger partial charge in [0.15, 0.2) is 0 Å². The minimum atomic E-state index is -4.79. The summed E-state index contributed by atoms with van der Waals surface area (Å²) in [6.07, 6.45) is -1.79. The normalized spacial score (nSPS) is 14.4. The highest BCUT2D eigenvalue weighted by Gasteiger charge is 2.40. The Kier molecular flexibility index (Phi) is 8.82. The first-order valence-electron chi connectivity index (χ1n) is 12.6. The van der Waals surface area contributed by atoms with Crippen LogP contribution in [0.5, 0.6) is 0 Å². The van der Waals surface area contributed by atoms with Crippen molar-refractivity contribution in [3.63, 3.8) is 0 Å². The number of hydrogen-bond donors (Lipinski definition) is 1. The van der Waals surface area contributed by atoms with E-state index in [1.807, 2.05) is 0 Å². The number of nitriles is 1. The number of nitrogens with one attached hydrogen (secondary N) is 1. The SMILES string of the molecule is C=CC(=O)Nc1cc(C#CCN(C(=O)C2CCCN2c2nc(C)cc(C(F)(F)F)c2C#N)c2ccc(F)cc2)ncn1. The van der Waals surface area contributed by atoms with Gasteiger partial charge in [-0.3, -0.25) is 14.5 Å². The first-order valence-corrected chi connectivity index (χ1v) is 12.6. The van der Waals surface area contributed by atoms with Crippen molar-refractivity contribution < 1.29 is 27.2 Å². The summed E-state index contributed by atoms with van der Waals surface area (Å²) < 4.78 is 55.0. The number of alkyl halides is 3. The molecule has 9 nitrogen and oxygen atoms in total. The van der Waals surface area contributed by atoms with Crippen molar-refractivity contribution in [2.75, 3.05) is 28.2 Å². The van der Waals surface area contributed by atoms with Crippen LogP contribution in [0.15, 0.2) is 55.4 Å². The topological polar surface area (TPSA) is 115 Å². The lowest BCUT2D eigenvalue weighted by Crippen LogP contribution is -2.47. The Morgan fingerprint density at radius 1 is 1.24 bits per heavy atom. The van der Waals surface area contributed by atoms with E-state index in [-0.39, 0.29) is 42.5 Å². The molecule has 42 heavy (non-hydrogen) atoms. The van der Waals surface area contributed by atoms with Crippen LogP contribution in [0.2, 0.25) is 0 Å². The molecule has 2 amide bonds. The molecule has 3 heterocycles. The molecule has 214 valence electrons. The van der Waals surface area contributed by atoms with Gasteiger partial charge in [0.2, 0.25) is 5.91 Å². The standard InChI is InChI=1S/C29H23F4N7O2/c1-3-26(41)38-25-15-20(35-17-36-25)6-4-12-39(21-10-8-19(30)9-11-21)28(42)24-7-5-13-40(24)27-22(16-34)23(29(31,32)33)14-18(2)37-27/h3,8-11,14-15,17,24H,1,5,7,12-13H2,2H3,(H,35,36,38,41). The average Bonchev–Trinajstić information content (AvgIpc) is 3.45. The summed E-state index contributed by atoms with van der Waals surface area (Å²) in [6, 6.07) is 7.98. The number of aryl methyl sites for hydroxylation is 1. The van der Waals surface area contributed by atoms with E-state index >= 15 is 0 Å². The fourth-order valence-electron chi connectivity index (χ4n) is 4.45. The van der Waals surface area contributed by atoms with Gasteiger partial charge in [0.1, 0.15) is 47.1 Å². The van der Waals surface area contributed by atoms with Gasteiger partial charge in [0.05, 0.1) is 12.1 Å². The molecule has 0 spiro atoms. The molecule has 1 aromatic carbocycles. The summed E-state index contributed by atoms with van der Waals surface area (Å²) in [5.41, 5.74) is -1.20. The molecule has 0 aliphatic carbocycles. The van der Waals surface area contributed by atoms with Crippen molar-refractivity contribution in [2.24, 2.45) is 0 Å². The highest BCUT2D eigenvalue weighted by molar-refractivity contribution is 6.00. The number of carbonyl (C=O) groups excluding carboxylic acids is 2. The molecule has 3 aromatic rings. The van der Waals surface area contributed by atoms with Crippen LogP contribution in [0.25, 0.3) is 0 Å². The van der Waals surface area contributed by atoms with E-state index in [9.17, 15) is 32.4 Å². The molecule has 1 saturated heterocycles. The number of aromatic nitrogens is 3. The zero-order chi connectivity index (χ0) is 30.4. The van der Waals surface area contributed by atoms with Gasteiger partial charge in [-0.25, -0.2) is 19.3 Å². The van der Waals surface area contributed by atoms with Gasteiger partial charge in [-0.2, -0.15) is 18.4 Å². The first-order chi connectivity index (χ1) is 20.0. The lowest BCUT2D eigenvalue weighted by molar-refractivity contribution is -0.137. The zero-order valence-electron chi connectivity index (χ0n) is 22.2. The molecule has 1 N–H and O–H groups in total. The number of pyridine rings is 1. The van der Waals surface area contributed by atoms with E-state index in [2.05, 4.69) is 38.7 Å². The van der Waals surface area contributed by atoms with Crippen molar-refractivity contribution in [1.82, 2.24) is 15.0 Å². The number of hydrogen-bond acceptors (Lipinski definition) is 7. The fourth-order valence-corrected chi connectivity index (χ4v) is 4.45. The molecule has 1 aliphatic rings. The number of nitrogens with zero attached hydrogens (tertiary/aromatic N) is 6. The quantitative estimate of drug-likeness (QED) is 0.263. The van der Waals surface area contributed by atoms with Crippen molar-refractivity contribution in [3.05, 3.63) is 83.7 Å². The molecule has 1 fully saturated rings. The predicted molar refractivity (Wildman–Crippen MR) is 146 cm³/mol. The Labute approximate surface area is 238 Å². The molecule has 0 radical (unpaired) electrons. The number of rotatable bonds is 6. The molecule has 1 unspecified atom stereocenters. The van der Waals surface area contributed by atoms with Gasteiger partial charge >= 0.3 is 6.18 Å². The van der Waals surface area contributed by atoms with Gasteiger partial charge < -0.3 is 10.2 Å². The number of halogens is 4. The van der Waals surface area contributed by atoms with E-state index in [0.29, 0.717) is 12.1 Å². The van der Waals surface area contributed by atoms with E-state index in [1.54, 1.807) is 6.07 Å². The smallest absolute Gasteiger partial charge is 0.343 e. The molecule has 13 heteroatoms. The molecule has 0 saturated carbocycles. The van der Waals surface area contributed by atoms with Gasteiger partial charge in [-0.1, -0.05) is 12.5 Å². The highest BCUT2D eigenvalue weighted by Crippen LogP contribution is 2.38. The third kappa shape index (κ3) is 6.70. The fraction of sp³-hybridized carbons (Fsp3) is 0.241. The molecule has 1 atom stereocenters. The van der Waals surface area contributed by atoms with E-state index in [0.717, 1.165) is 12.1 Å². The highest BCUT2D eigenvalue weighted by atomic mass is 19.4. The Hall–Kier alpha value is -5.30. The monoisotopic (exact) mass is 577 g/mol. The van der Waals surface area contributed by atoms with Crippen LogP contribution in [0.1, 0.15) is 35.4 Å². The molecule has 0 bridgehead atoms. The maximum Gasteiger partial charge on any atom is 0.417 e. The van der Waals surface area contributed by atoms with Crippen LogP contribution in [-0.4, -0.2) is 45.9 Å². The van der Waals surface area contributed by atoms with Gasteiger partial charge in [0, 0.05) is 24.0 Å². The van der Waals surface area contributed by atoms with Gasteiger partial charge in [-0.15, -0.1) is 0 Å². The lowest BCUT2D eigenvalue weighted by Gasteiger charge is -2.31. The summed E-state index contributed by atoms with van der Waals surface area (Å²) in [6.45, 7) is 4.76. The second kappa shape index (κ2) is 12.5. The number of amides is 2. The van der Waals surface area contributed by atoms with E-state index in [4.69, 9.17) is 0 Å². The average molecular weight is 578 g/mol. The van der Waals surface area contributed by atoms with Crippen LogP contribution in [-0.2, 0) is 15.8 Å². The summed E-state index contributed by atoms with van der Waals surface area (Å²) in [7, 11) is 0. The minimum Gasteiger partial charge on any atom is -0.343 e. The number of benzene rings is 1. The Morgan fingerprint density at radius 2 is 1.98 bits per heavy atom. The maximum absolute atomic E-state index is 13.9. The van der Waals surface area contributed by atoms with E-state index < -0.39 is 41.0 Å². The van der Waals surface area contributed by atoms with Crippen LogP contribution in [0.3, 0.4) is 0 Å². The third-order valence-electron chi connectivity index (χ3n) is 6.32. The van der Waals surface area contributed by atoms with Crippen molar-refractivity contribution in [1.29, 1.82) is 5.26 Å². The Balaban J connectivity index is 1.68. The molecular weight excluding hydrogens is 554 g/mol. The summed E-state index contributed by atoms with van der Waals surface area (Å²) in [4.78, 5) is 40.4. The van der Waals surface area contributed by atoms with Gasteiger partial charge in [0.25, 0.3) is 5.91 Å². The predicted octanol–water partition coefficient (Wildman–Crippen LogP) is 4.39. The number of carbonyl (C=O) groups is 2. The van der Waals surface area contributed by atoms with Crippen LogP contribution < -0.4 is 15.1 Å². The van der Waals surface area contributed by atoms with Crippen molar-refractivity contribution in [2.45, 2.75) is 32.0 Å². The van der Waals surface area contributed by atoms with Crippen LogP contribution >= 0.6 is 0 Å². The molecular formula is C29H23F4N7O2. The second-order valence-corrected chi connectivity index (χ2v) is 9.16. The molecule has 4 rings (SSSR count). The summed E-state index contributed by atoms with van der Waals surface area (Å²) >= 11 is 0. The van der Waals surface area contributed by atoms with Crippen LogP contribution in [0, 0.1) is 35.9 Å². The van der Waals surface area contributed by atoms with Gasteiger partial charge in [-0.05, 0) is 62.1 Å². The molecule has 1 aliphatic heterocycles. The largest absolute Gasteiger partial charge is 0.417 e. The van der Waals surface area contributed by atoms with Crippen molar-refractivity contribution >= 4 is 29.1 Å². The minimum absolute atomic E-state index is 0.0455. The lowest BCUT2D eigenvalue weighted by atomic mass is 10.1. The van der Waals surface area contributed by atoms with E-state index in [1.165, 1.54) is 53.4 Å². The summed E-state index contributed by atoms with van der Waals surface area (Å²) in [5, 5.41) is 12.1. The maximum atomic E-state index is 13.9. The zero-order valence-corrected chi connectivity index (χ0v) is 22.2. The molecule has 2 aromatic heterocycles. The third-order valence-corrected chi connectivity index (χ3v) is 6.32. The van der Waals surface area contributed by atoms with Crippen LogP contribution in [0.4, 0.5) is 34.9 Å². The summed E-state index contributed by atoms with van der Waals surface area (Å²) in [5.74, 6) is 4.05. The van der Waals surface area contributed by atoms with Crippen molar-refractivity contribution in [3.8, 4) is 17.9 Å². The Bertz CT molecular complexity index is 1620.